The van der Waals surface area contributed by atoms with E-state index >= 15 is 0 Å². The third kappa shape index (κ3) is 3.65. The lowest BCUT2D eigenvalue weighted by Crippen LogP contribution is -2.28. The van der Waals surface area contributed by atoms with Crippen molar-refractivity contribution in [1.29, 1.82) is 5.26 Å². The molecule has 1 aromatic heterocycles. The maximum Gasteiger partial charge on any atom is 0.269 e. The Morgan fingerprint density at radius 3 is 2.64 bits per heavy atom. The first-order valence-electron chi connectivity index (χ1n) is 6.23. The number of aryl methyl sites for hydroxylation is 1. The fraction of sp³-hybridized carbons (Fsp3) is 0.154. The van der Waals surface area contributed by atoms with E-state index < -0.39 is 11.0 Å². The number of hydrazine groups is 1. The van der Waals surface area contributed by atoms with E-state index in [0.29, 0.717) is 11.3 Å². The van der Waals surface area contributed by atoms with Gasteiger partial charge in [-0.1, -0.05) is 0 Å². The molecule has 1 heterocycles. The topological polar surface area (TPSA) is 137 Å². The number of nitriles is 1. The number of H-pyrrole nitrogens is 1. The molecule has 22 heavy (non-hydrogen) atoms. The largest absolute Gasteiger partial charge is 0.292 e. The van der Waals surface area contributed by atoms with Crippen LogP contribution < -0.4 is 16.4 Å². The molecule has 112 valence electrons. The molecule has 2 aromatic rings. The number of benzene rings is 1. The van der Waals surface area contributed by atoms with E-state index in [-0.39, 0.29) is 17.2 Å². The van der Waals surface area contributed by atoms with E-state index in [1.54, 1.807) is 6.92 Å². The number of non-ortho nitro benzene ring substituents is 1. The summed E-state index contributed by atoms with van der Waals surface area (Å²) in [7, 11) is 0. The van der Waals surface area contributed by atoms with Crippen LogP contribution in [-0.4, -0.2) is 14.9 Å². The quantitative estimate of drug-likeness (QED) is 0.556. The molecule has 2 rings (SSSR count). The van der Waals surface area contributed by atoms with Gasteiger partial charge in [0.15, 0.2) is 0 Å². The Hall–Kier alpha value is -3.25. The molecule has 9 heteroatoms. The molecule has 0 aliphatic carbocycles. The van der Waals surface area contributed by atoms with Crippen LogP contribution in [0.25, 0.3) is 0 Å². The molecule has 0 aliphatic heterocycles. The molecule has 0 bridgehead atoms. The Morgan fingerprint density at radius 2 is 2.09 bits per heavy atom. The lowest BCUT2D eigenvalue weighted by Gasteiger charge is -2.13. The van der Waals surface area contributed by atoms with Gasteiger partial charge in [0.2, 0.25) is 5.95 Å². The Bertz CT molecular complexity index is 778. The summed E-state index contributed by atoms with van der Waals surface area (Å²) in [5.41, 5.74) is 6.02. The molecule has 1 aromatic carbocycles. The van der Waals surface area contributed by atoms with Crippen LogP contribution in [0.15, 0.2) is 35.1 Å². The maximum atomic E-state index is 11.3. The van der Waals surface area contributed by atoms with Crippen molar-refractivity contribution < 1.29 is 4.92 Å². The molecule has 0 unspecified atom stereocenters. The Kier molecular flexibility index (Phi) is 4.45. The summed E-state index contributed by atoms with van der Waals surface area (Å²) in [4.78, 5) is 27.9. The summed E-state index contributed by atoms with van der Waals surface area (Å²) in [5, 5.41) is 19.8. The average Bonchev–Trinajstić information content (AvgIpc) is 2.47. The van der Waals surface area contributed by atoms with Crippen LogP contribution >= 0.6 is 0 Å². The molecule has 0 radical (unpaired) electrons. The highest BCUT2D eigenvalue weighted by atomic mass is 16.6. The van der Waals surface area contributed by atoms with Gasteiger partial charge in [-0.3, -0.25) is 25.3 Å². The Balaban J connectivity index is 2.10. The average molecular weight is 300 g/mol. The second-order valence-corrected chi connectivity index (χ2v) is 4.42. The minimum absolute atomic E-state index is 0.0573. The van der Waals surface area contributed by atoms with E-state index in [1.807, 2.05) is 6.07 Å². The second-order valence-electron chi connectivity index (χ2n) is 4.42. The highest BCUT2D eigenvalue weighted by molar-refractivity contribution is 5.36. The summed E-state index contributed by atoms with van der Waals surface area (Å²) in [6.45, 7) is 1.67. The zero-order chi connectivity index (χ0) is 16.1. The van der Waals surface area contributed by atoms with Gasteiger partial charge in [0.1, 0.15) is 6.04 Å². The SMILES string of the molecule is Cc1cc(=O)[nH]c(NN[C@@H](C#N)c2ccc([N+](=O)[O-])cc2)n1. The highest BCUT2D eigenvalue weighted by Crippen LogP contribution is 2.17. The first-order valence-corrected chi connectivity index (χ1v) is 6.23. The van der Waals surface area contributed by atoms with Gasteiger partial charge < -0.3 is 0 Å². The first-order chi connectivity index (χ1) is 10.5. The number of hydrogen-bond donors (Lipinski definition) is 3. The zero-order valence-corrected chi connectivity index (χ0v) is 11.5. The fourth-order valence-corrected chi connectivity index (χ4v) is 1.76. The molecular formula is C13H12N6O3. The maximum absolute atomic E-state index is 11.3. The van der Waals surface area contributed by atoms with Crippen LogP contribution in [-0.2, 0) is 0 Å². The lowest BCUT2D eigenvalue weighted by atomic mass is 10.1. The van der Waals surface area contributed by atoms with Gasteiger partial charge in [-0.2, -0.15) is 5.26 Å². The van der Waals surface area contributed by atoms with Crippen molar-refractivity contribution in [2.24, 2.45) is 0 Å². The van der Waals surface area contributed by atoms with Crippen LogP contribution in [0.3, 0.4) is 0 Å². The van der Waals surface area contributed by atoms with Gasteiger partial charge in [0.05, 0.1) is 11.0 Å². The molecule has 1 atom stereocenters. The van der Waals surface area contributed by atoms with Crippen molar-refractivity contribution in [2.45, 2.75) is 13.0 Å². The van der Waals surface area contributed by atoms with Gasteiger partial charge in [-0.05, 0) is 24.6 Å². The number of nitrogens with zero attached hydrogens (tertiary/aromatic N) is 3. The molecule has 0 saturated heterocycles. The molecule has 0 amide bonds. The Morgan fingerprint density at radius 1 is 1.41 bits per heavy atom. The summed E-state index contributed by atoms with van der Waals surface area (Å²) >= 11 is 0. The zero-order valence-electron chi connectivity index (χ0n) is 11.5. The summed E-state index contributed by atoms with van der Waals surface area (Å²) in [5.74, 6) is 0.173. The third-order valence-corrected chi connectivity index (χ3v) is 2.77. The van der Waals surface area contributed by atoms with E-state index in [0.717, 1.165) is 0 Å². The lowest BCUT2D eigenvalue weighted by molar-refractivity contribution is -0.384. The molecular weight excluding hydrogens is 288 g/mol. The molecule has 9 nitrogen and oxygen atoms in total. The van der Waals surface area contributed by atoms with E-state index in [1.165, 1.54) is 30.3 Å². The van der Waals surface area contributed by atoms with Gasteiger partial charge in [-0.15, -0.1) is 0 Å². The van der Waals surface area contributed by atoms with Gasteiger partial charge >= 0.3 is 0 Å². The Labute approximate surface area is 124 Å². The predicted octanol–water partition coefficient (Wildman–Crippen LogP) is 1.17. The molecule has 0 fully saturated rings. The van der Waals surface area contributed by atoms with Crippen molar-refractivity contribution in [3.8, 4) is 6.07 Å². The van der Waals surface area contributed by atoms with Gasteiger partial charge in [0.25, 0.3) is 11.2 Å². The summed E-state index contributed by atoms with van der Waals surface area (Å²) in [6, 6.07) is 8.15. The monoisotopic (exact) mass is 300 g/mol. The van der Waals surface area contributed by atoms with Crippen molar-refractivity contribution in [3.63, 3.8) is 0 Å². The number of anilines is 1. The van der Waals surface area contributed by atoms with Gasteiger partial charge in [0, 0.05) is 23.9 Å². The number of nitrogens with one attached hydrogen (secondary N) is 3. The standard InChI is InChI=1S/C13H12N6O3/c1-8-6-12(20)16-13(15-8)18-17-11(7-14)9-2-4-10(5-3-9)19(21)22/h2-6,11,17H,1H3,(H2,15,16,18,20)/t11-/m0/s1. The van der Waals surface area contributed by atoms with Crippen LogP contribution in [0.2, 0.25) is 0 Å². The second kappa shape index (κ2) is 6.47. The minimum Gasteiger partial charge on any atom is -0.292 e. The third-order valence-electron chi connectivity index (χ3n) is 2.77. The van der Waals surface area contributed by atoms with Crippen LogP contribution in [0.1, 0.15) is 17.3 Å². The first kappa shape index (κ1) is 15.1. The van der Waals surface area contributed by atoms with Crippen molar-refractivity contribution in [1.82, 2.24) is 15.4 Å². The number of nitro groups is 1. The van der Waals surface area contributed by atoms with E-state index in [4.69, 9.17) is 5.26 Å². The normalized spacial score (nSPS) is 11.5. The van der Waals surface area contributed by atoms with Crippen molar-refractivity contribution in [2.75, 3.05) is 5.43 Å². The number of aromatic amines is 1. The van der Waals surface area contributed by atoms with Crippen molar-refractivity contribution in [3.05, 3.63) is 62.1 Å². The number of aromatic nitrogens is 2. The minimum atomic E-state index is -0.772. The number of nitro benzene ring substituents is 1. The van der Waals surface area contributed by atoms with E-state index in [2.05, 4.69) is 20.8 Å². The van der Waals surface area contributed by atoms with Crippen LogP contribution in [0, 0.1) is 28.4 Å². The van der Waals surface area contributed by atoms with Crippen LogP contribution in [0.4, 0.5) is 11.6 Å². The van der Waals surface area contributed by atoms with E-state index in [9.17, 15) is 14.9 Å². The smallest absolute Gasteiger partial charge is 0.269 e. The molecule has 0 aliphatic rings. The number of rotatable bonds is 5. The molecule has 0 spiro atoms. The van der Waals surface area contributed by atoms with Gasteiger partial charge in [-0.25, -0.2) is 10.4 Å². The summed E-state index contributed by atoms with van der Waals surface area (Å²) < 4.78 is 0. The highest BCUT2D eigenvalue weighted by Gasteiger charge is 2.12. The van der Waals surface area contributed by atoms with Crippen LogP contribution in [0.5, 0.6) is 0 Å². The summed E-state index contributed by atoms with van der Waals surface area (Å²) in [6.07, 6.45) is 0. The fourth-order valence-electron chi connectivity index (χ4n) is 1.76. The number of hydrogen-bond acceptors (Lipinski definition) is 7. The predicted molar refractivity (Wildman–Crippen MR) is 77.8 cm³/mol. The molecule has 0 saturated carbocycles. The molecule has 3 N–H and O–H groups in total. The van der Waals surface area contributed by atoms with Crippen molar-refractivity contribution >= 4 is 11.6 Å².